The maximum atomic E-state index is 12.4. The second kappa shape index (κ2) is 7.33. The minimum absolute atomic E-state index is 0.0140. The lowest BCUT2D eigenvalue weighted by Gasteiger charge is -2.07. The van der Waals surface area contributed by atoms with Gasteiger partial charge in [0.1, 0.15) is 6.61 Å². The molecule has 24 heavy (non-hydrogen) atoms. The van der Waals surface area contributed by atoms with Crippen LogP contribution in [0.1, 0.15) is 0 Å². The van der Waals surface area contributed by atoms with Gasteiger partial charge in [-0.25, -0.2) is 21.6 Å². The number of carbonyl (C=O) groups excluding carboxylic acids is 1. The number of carbonyl (C=O) groups is 1. The molecule has 0 radical (unpaired) electrons. The summed E-state index contributed by atoms with van der Waals surface area (Å²) in [5.74, 6) is -0.448. The molecule has 0 heterocycles. The Hall–Kier alpha value is -1.90. The third kappa shape index (κ3) is 4.34. The average Bonchev–Trinajstić information content (AvgIpc) is 2.55. The molecule has 0 saturated heterocycles. The van der Waals surface area contributed by atoms with Crippen molar-refractivity contribution in [3.8, 4) is 0 Å². The first-order chi connectivity index (χ1) is 11.2. The third-order valence-electron chi connectivity index (χ3n) is 3.11. The molecule has 0 amide bonds. The molecule has 9 heteroatoms. The zero-order valence-corrected chi connectivity index (χ0v) is 14.6. The Morgan fingerprint density at radius 3 is 1.88 bits per heavy atom. The summed E-state index contributed by atoms with van der Waals surface area (Å²) in [6, 6.07) is 12.7. The highest BCUT2D eigenvalue weighted by molar-refractivity contribution is 7.92. The largest absolute Gasteiger partial charge is 0.453 e. The lowest BCUT2D eigenvalue weighted by molar-refractivity contribution is 0.180. The van der Waals surface area contributed by atoms with Gasteiger partial charge in [-0.05, 0) is 36.4 Å². The number of halogens is 1. The van der Waals surface area contributed by atoms with E-state index in [2.05, 4.69) is 4.74 Å². The quantitative estimate of drug-likeness (QED) is 0.706. The first-order valence-electron chi connectivity index (χ1n) is 6.69. The number of ether oxygens (including phenoxy) is 1. The van der Waals surface area contributed by atoms with Crippen molar-refractivity contribution < 1.29 is 26.4 Å². The van der Waals surface area contributed by atoms with E-state index in [1.54, 1.807) is 18.2 Å². The Kier molecular flexibility index (Phi) is 5.63. The maximum Gasteiger partial charge on any atom is 0.403 e. The molecule has 0 atom stereocenters. The number of hydrogen-bond acceptors (Lipinski definition) is 6. The minimum Gasteiger partial charge on any atom is -0.453 e. The van der Waals surface area contributed by atoms with E-state index in [0.29, 0.717) is 0 Å². The summed E-state index contributed by atoms with van der Waals surface area (Å²) >= 11 is 4.96. The first kappa shape index (κ1) is 18.4. The van der Waals surface area contributed by atoms with Crippen molar-refractivity contribution in [3.63, 3.8) is 0 Å². The molecule has 128 valence electrons. The van der Waals surface area contributed by atoms with E-state index in [9.17, 15) is 21.6 Å². The second-order valence-electron chi connectivity index (χ2n) is 4.69. The van der Waals surface area contributed by atoms with Crippen molar-refractivity contribution in [3.05, 3.63) is 54.6 Å². The van der Waals surface area contributed by atoms with Crippen LogP contribution in [0.3, 0.4) is 0 Å². The lowest BCUT2D eigenvalue weighted by Crippen LogP contribution is -2.13. The van der Waals surface area contributed by atoms with Crippen LogP contribution in [0.2, 0.25) is 0 Å². The molecule has 6 nitrogen and oxygen atoms in total. The van der Waals surface area contributed by atoms with Crippen LogP contribution in [0.4, 0.5) is 4.79 Å². The molecule has 0 aliphatic carbocycles. The first-order valence-corrected chi connectivity index (χ1v) is 10.2. The molecule has 0 aromatic heterocycles. The number of hydrogen-bond donors (Lipinski definition) is 0. The van der Waals surface area contributed by atoms with E-state index in [0.717, 1.165) is 0 Å². The van der Waals surface area contributed by atoms with Gasteiger partial charge in [-0.1, -0.05) is 18.2 Å². The molecule has 2 aromatic carbocycles. The molecular weight excluding hydrogens is 376 g/mol. The molecule has 2 rings (SSSR count). The van der Waals surface area contributed by atoms with Crippen molar-refractivity contribution in [2.75, 3.05) is 12.4 Å². The lowest BCUT2D eigenvalue weighted by atomic mass is 10.4. The van der Waals surface area contributed by atoms with E-state index in [1.807, 2.05) is 0 Å². The topological polar surface area (TPSA) is 94.6 Å². The monoisotopic (exact) mass is 388 g/mol. The Morgan fingerprint density at radius 1 is 0.833 bits per heavy atom. The summed E-state index contributed by atoms with van der Waals surface area (Å²) in [7, 11) is -7.42. The fourth-order valence-electron chi connectivity index (χ4n) is 1.91. The Labute approximate surface area is 144 Å². The van der Waals surface area contributed by atoms with Crippen molar-refractivity contribution >= 4 is 36.7 Å². The summed E-state index contributed by atoms with van der Waals surface area (Å²) < 4.78 is 53.3. The summed E-state index contributed by atoms with van der Waals surface area (Å²) in [5.41, 5.74) is -1.09. The van der Waals surface area contributed by atoms with Crippen molar-refractivity contribution in [2.45, 2.75) is 14.7 Å². The molecule has 0 aliphatic heterocycles. The predicted molar refractivity (Wildman–Crippen MR) is 87.6 cm³/mol. The van der Waals surface area contributed by atoms with Gasteiger partial charge in [-0.2, -0.15) is 0 Å². The van der Waals surface area contributed by atoms with Gasteiger partial charge in [0, 0.05) is 11.6 Å². The zero-order chi connectivity index (χ0) is 17.8. The zero-order valence-electron chi connectivity index (χ0n) is 12.3. The van der Waals surface area contributed by atoms with Crippen LogP contribution in [0, 0.1) is 0 Å². The van der Waals surface area contributed by atoms with Gasteiger partial charge in [0.05, 0.1) is 20.4 Å². The fourth-order valence-corrected chi connectivity index (χ4v) is 4.36. The molecule has 0 unspecified atom stereocenters. The van der Waals surface area contributed by atoms with Crippen molar-refractivity contribution in [1.82, 2.24) is 0 Å². The van der Waals surface area contributed by atoms with Gasteiger partial charge in [-0.15, -0.1) is 0 Å². The average molecular weight is 389 g/mol. The summed E-state index contributed by atoms with van der Waals surface area (Å²) in [5, 5.41) is 0. The van der Waals surface area contributed by atoms with Crippen molar-refractivity contribution in [2.24, 2.45) is 0 Å². The third-order valence-corrected chi connectivity index (χ3v) is 6.70. The van der Waals surface area contributed by atoms with E-state index in [-0.39, 0.29) is 21.3 Å². The van der Waals surface area contributed by atoms with E-state index in [4.69, 9.17) is 11.6 Å². The number of rotatable bonds is 6. The maximum absolute atomic E-state index is 12.4. The highest BCUT2D eigenvalue weighted by Crippen LogP contribution is 2.22. The van der Waals surface area contributed by atoms with E-state index < -0.39 is 30.9 Å². The van der Waals surface area contributed by atoms with Gasteiger partial charge in [0.2, 0.25) is 9.84 Å². The number of sulfone groups is 2. The second-order valence-corrected chi connectivity index (χ2v) is 9.06. The van der Waals surface area contributed by atoms with Crippen molar-refractivity contribution in [1.29, 1.82) is 0 Å². The molecule has 0 bridgehead atoms. The molecule has 0 aliphatic rings. The Balaban J connectivity index is 2.23. The van der Waals surface area contributed by atoms with Gasteiger partial charge in [0.15, 0.2) is 9.84 Å². The van der Waals surface area contributed by atoms with Crippen LogP contribution < -0.4 is 0 Å². The van der Waals surface area contributed by atoms with Crippen LogP contribution in [-0.2, 0) is 24.4 Å². The van der Waals surface area contributed by atoms with E-state index >= 15 is 0 Å². The molecule has 0 saturated carbocycles. The SMILES string of the molecule is O=C(Cl)OCCS(=O)(=O)c1ccc(S(=O)(=O)c2ccccc2)cc1. The van der Waals surface area contributed by atoms with Crippen LogP contribution in [0.5, 0.6) is 0 Å². The number of benzene rings is 2. The fraction of sp³-hybridized carbons (Fsp3) is 0.133. The minimum atomic E-state index is -3.71. The highest BCUT2D eigenvalue weighted by atomic mass is 35.5. The molecule has 2 aromatic rings. The molecule has 0 fully saturated rings. The predicted octanol–water partition coefficient (Wildman–Crippen LogP) is 2.67. The Morgan fingerprint density at radius 2 is 1.33 bits per heavy atom. The smallest absolute Gasteiger partial charge is 0.403 e. The van der Waals surface area contributed by atoms with Crippen LogP contribution in [0.25, 0.3) is 0 Å². The van der Waals surface area contributed by atoms with Gasteiger partial charge in [0.25, 0.3) is 0 Å². The molecule has 0 spiro atoms. The van der Waals surface area contributed by atoms with Gasteiger partial charge >= 0.3 is 5.43 Å². The normalized spacial score (nSPS) is 11.9. The summed E-state index contributed by atoms with van der Waals surface area (Å²) in [4.78, 5) is 10.5. The van der Waals surface area contributed by atoms with Crippen LogP contribution >= 0.6 is 11.6 Å². The summed E-state index contributed by atoms with van der Waals surface area (Å²) in [6.07, 6.45) is 0. The standard InChI is InChI=1S/C15H13ClO6S2/c16-15(17)22-10-11-23(18,19)12-6-8-14(9-7-12)24(20,21)13-4-2-1-3-5-13/h1-9H,10-11H2. The molecular formula is C15H13ClO6S2. The Bertz CT molecular complexity index is 920. The van der Waals surface area contributed by atoms with Gasteiger partial charge in [-0.3, -0.25) is 0 Å². The van der Waals surface area contributed by atoms with Crippen LogP contribution in [-0.4, -0.2) is 34.6 Å². The van der Waals surface area contributed by atoms with Gasteiger partial charge < -0.3 is 4.74 Å². The summed E-state index contributed by atoms with van der Waals surface area (Å²) in [6.45, 7) is -0.380. The van der Waals surface area contributed by atoms with E-state index in [1.165, 1.54) is 36.4 Å². The van der Waals surface area contributed by atoms with Crippen LogP contribution in [0.15, 0.2) is 69.3 Å². The highest BCUT2D eigenvalue weighted by Gasteiger charge is 2.20. The molecule has 0 N–H and O–H groups in total.